The summed E-state index contributed by atoms with van der Waals surface area (Å²) in [6.07, 6.45) is 0. The van der Waals surface area contributed by atoms with Crippen molar-refractivity contribution in [2.24, 2.45) is 0 Å². The van der Waals surface area contributed by atoms with Gasteiger partial charge in [0.25, 0.3) is 0 Å². The fourth-order valence-corrected chi connectivity index (χ4v) is 3.26. The van der Waals surface area contributed by atoms with E-state index in [-0.39, 0.29) is 10.6 Å². The van der Waals surface area contributed by atoms with Gasteiger partial charge < -0.3 is 5.32 Å². The second kappa shape index (κ2) is 3.21. The van der Waals surface area contributed by atoms with Gasteiger partial charge in [-0.3, -0.25) is 4.79 Å². The zero-order valence-corrected chi connectivity index (χ0v) is 10.3. The van der Waals surface area contributed by atoms with Crippen molar-refractivity contribution in [1.29, 1.82) is 0 Å². The summed E-state index contributed by atoms with van der Waals surface area (Å²) in [5.74, 6) is -0.526. The molecule has 0 radical (unpaired) electrons. The number of nitrogens with one attached hydrogen (secondary N) is 1. The fraction of sp³-hybridized carbons (Fsp3) is 0.300. The summed E-state index contributed by atoms with van der Waals surface area (Å²) in [5, 5.41) is 2.88. The number of anilines is 1. The fourth-order valence-electron chi connectivity index (χ4n) is 1.49. The van der Waals surface area contributed by atoms with Crippen LogP contribution >= 0.6 is 11.6 Å². The van der Waals surface area contributed by atoms with Gasteiger partial charge in [0.1, 0.15) is 4.75 Å². The van der Waals surface area contributed by atoms with Crippen LogP contribution in [0.5, 0.6) is 0 Å². The molecule has 16 heavy (non-hydrogen) atoms. The number of hydrogen-bond acceptors (Lipinski definition) is 3. The minimum atomic E-state index is -3.69. The molecule has 1 aromatic rings. The van der Waals surface area contributed by atoms with Crippen molar-refractivity contribution in [2.45, 2.75) is 23.5 Å². The Bertz CT molecular complexity index is 578. The Balaban J connectivity index is 2.79. The molecule has 1 heterocycles. The van der Waals surface area contributed by atoms with Crippen LogP contribution in [-0.4, -0.2) is 19.1 Å². The molecule has 0 bridgehead atoms. The van der Waals surface area contributed by atoms with E-state index >= 15 is 0 Å². The highest BCUT2D eigenvalue weighted by Gasteiger charge is 2.47. The molecule has 0 spiro atoms. The van der Waals surface area contributed by atoms with Gasteiger partial charge in [-0.25, -0.2) is 8.42 Å². The molecule has 0 aliphatic carbocycles. The molecule has 0 aromatic heterocycles. The van der Waals surface area contributed by atoms with Crippen LogP contribution in [-0.2, 0) is 14.6 Å². The van der Waals surface area contributed by atoms with Crippen molar-refractivity contribution < 1.29 is 13.2 Å². The van der Waals surface area contributed by atoms with Crippen molar-refractivity contribution >= 4 is 33.0 Å². The summed E-state index contributed by atoms with van der Waals surface area (Å²) < 4.78 is 22.9. The smallest absolute Gasteiger partial charge is 0.245 e. The van der Waals surface area contributed by atoms with Crippen molar-refractivity contribution in [3.63, 3.8) is 0 Å². The molecule has 1 aromatic carbocycles. The summed E-state index contributed by atoms with van der Waals surface area (Å²) in [4.78, 5) is 11.7. The van der Waals surface area contributed by atoms with E-state index in [4.69, 9.17) is 11.6 Å². The van der Waals surface area contributed by atoms with Crippen molar-refractivity contribution in [2.75, 3.05) is 5.32 Å². The van der Waals surface area contributed by atoms with E-state index < -0.39 is 20.5 Å². The number of carbonyl (C=O) groups is 1. The first kappa shape index (κ1) is 11.4. The summed E-state index contributed by atoms with van der Waals surface area (Å²) in [6, 6.07) is 4.38. The third-order valence-electron chi connectivity index (χ3n) is 2.70. The van der Waals surface area contributed by atoms with Gasteiger partial charge in [-0.1, -0.05) is 11.6 Å². The lowest BCUT2D eigenvalue weighted by molar-refractivity contribution is -0.118. The molecular weight excluding hydrogens is 250 g/mol. The van der Waals surface area contributed by atoms with Crippen molar-refractivity contribution in [3.05, 3.63) is 23.2 Å². The van der Waals surface area contributed by atoms with E-state index in [1.165, 1.54) is 32.0 Å². The summed E-state index contributed by atoms with van der Waals surface area (Å²) in [7, 11) is -3.69. The average Bonchev–Trinajstić information content (AvgIpc) is 2.18. The lowest BCUT2D eigenvalue weighted by atomic mass is 10.1. The normalized spacial score (nSPS) is 21.1. The Morgan fingerprint density at radius 3 is 2.56 bits per heavy atom. The first-order chi connectivity index (χ1) is 7.26. The van der Waals surface area contributed by atoms with Crippen molar-refractivity contribution in [3.8, 4) is 0 Å². The summed E-state index contributed by atoms with van der Waals surface area (Å²) >= 11 is 5.76. The van der Waals surface area contributed by atoms with E-state index in [1.807, 2.05) is 0 Å². The zero-order chi connectivity index (χ0) is 12.1. The SMILES string of the molecule is CC1(C)C(=O)Nc2ccc(Cl)cc2S1(=O)=O. The molecule has 86 valence electrons. The first-order valence-electron chi connectivity index (χ1n) is 4.62. The van der Waals surface area contributed by atoms with E-state index in [0.717, 1.165) is 0 Å². The van der Waals surface area contributed by atoms with E-state index in [2.05, 4.69) is 5.32 Å². The standard InChI is InChI=1S/C10H10ClNO3S/c1-10(2)9(13)12-7-4-3-6(11)5-8(7)16(10,14)15/h3-5H,1-2H3,(H,12,13). The maximum atomic E-state index is 12.2. The predicted molar refractivity (Wildman–Crippen MR) is 61.3 cm³/mol. The monoisotopic (exact) mass is 259 g/mol. The lowest BCUT2D eigenvalue weighted by Gasteiger charge is -2.30. The molecule has 1 aliphatic rings. The highest BCUT2D eigenvalue weighted by atomic mass is 35.5. The van der Waals surface area contributed by atoms with Gasteiger partial charge in [-0.2, -0.15) is 0 Å². The summed E-state index contributed by atoms with van der Waals surface area (Å²) in [6.45, 7) is 2.75. The third-order valence-corrected chi connectivity index (χ3v) is 5.38. The molecule has 0 saturated heterocycles. The third kappa shape index (κ3) is 1.35. The topological polar surface area (TPSA) is 63.2 Å². The highest BCUT2D eigenvalue weighted by molar-refractivity contribution is 7.94. The van der Waals surface area contributed by atoms with Crippen LogP contribution in [0.15, 0.2) is 23.1 Å². The second-order valence-corrected chi connectivity index (χ2v) is 7.01. The van der Waals surface area contributed by atoms with Crippen LogP contribution in [0.1, 0.15) is 13.8 Å². The Hall–Kier alpha value is -1.07. The molecule has 0 unspecified atom stereocenters. The van der Waals surface area contributed by atoms with Gasteiger partial charge in [-0.05, 0) is 32.0 Å². The summed E-state index contributed by atoms with van der Waals surface area (Å²) in [5.41, 5.74) is 0.286. The minimum absolute atomic E-state index is 0.0737. The number of sulfone groups is 1. The van der Waals surface area contributed by atoms with Crippen LogP contribution in [0.2, 0.25) is 5.02 Å². The predicted octanol–water partition coefficient (Wildman–Crippen LogP) is 1.84. The quantitative estimate of drug-likeness (QED) is 0.773. The van der Waals surface area contributed by atoms with E-state index in [9.17, 15) is 13.2 Å². The van der Waals surface area contributed by atoms with E-state index in [1.54, 1.807) is 0 Å². The van der Waals surface area contributed by atoms with Gasteiger partial charge in [-0.15, -0.1) is 0 Å². The maximum Gasteiger partial charge on any atom is 0.245 e. The number of carbonyl (C=O) groups excluding carboxylic acids is 1. The Kier molecular flexibility index (Phi) is 2.29. The number of hydrogen-bond donors (Lipinski definition) is 1. The van der Waals surface area contributed by atoms with Crippen LogP contribution in [0.4, 0.5) is 5.69 Å². The molecule has 1 N–H and O–H groups in total. The minimum Gasteiger partial charge on any atom is -0.324 e. The largest absolute Gasteiger partial charge is 0.324 e. The Morgan fingerprint density at radius 2 is 1.94 bits per heavy atom. The van der Waals surface area contributed by atoms with Crippen LogP contribution in [0.25, 0.3) is 0 Å². The lowest BCUT2D eigenvalue weighted by Crippen LogP contribution is -2.48. The Morgan fingerprint density at radius 1 is 1.31 bits per heavy atom. The van der Waals surface area contributed by atoms with Gasteiger partial charge in [0.15, 0.2) is 9.84 Å². The number of fused-ring (bicyclic) bond motifs is 1. The molecule has 0 fully saturated rings. The molecular formula is C10H10ClNO3S. The molecule has 1 aliphatic heterocycles. The van der Waals surface area contributed by atoms with Gasteiger partial charge in [0.2, 0.25) is 5.91 Å². The molecule has 1 amide bonds. The van der Waals surface area contributed by atoms with Crippen LogP contribution in [0, 0.1) is 0 Å². The second-order valence-electron chi connectivity index (χ2n) is 4.11. The van der Waals surface area contributed by atoms with Gasteiger partial charge in [0, 0.05) is 5.02 Å². The van der Waals surface area contributed by atoms with Crippen LogP contribution in [0.3, 0.4) is 0 Å². The molecule has 6 heteroatoms. The average molecular weight is 260 g/mol. The van der Waals surface area contributed by atoms with E-state index in [0.29, 0.717) is 5.02 Å². The molecule has 4 nitrogen and oxygen atoms in total. The van der Waals surface area contributed by atoms with Crippen molar-refractivity contribution in [1.82, 2.24) is 0 Å². The maximum absolute atomic E-state index is 12.2. The van der Waals surface area contributed by atoms with Gasteiger partial charge in [0.05, 0.1) is 10.6 Å². The Labute approximate surface area is 98.5 Å². The highest BCUT2D eigenvalue weighted by Crippen LogP contribution is 2.37. The number of halogens is 1. The molecule has 0 saturated carbocycles. The molecule has 2 rings (SSSR count). The van der Waals surface area contributed by atoms with Gasteiger partial charge >= 0.3 is 0 Å². The molecule has 0 atom stereocenters. The number of benzene rings is 1. The number of rotatable bonds is 0. The number of amides is 1. The van der Waals surface area contributed by atoms with Crippen LogP contribution < -0.4 is 5.32 Å². The zero-order valence-electron chi connectivity index (χ0n) is 8.74. The first-order valence-corrected chi connectivity index (χ1v) is 6.48.